The Labute approximate surface area is 202 Å². The maximum atomic E-state index is 13.4. The van der Waals surface area contributed by atoms with Crippen molar-refractivity contribution in [2.24, 2.45) is 0 Å². The van der Waals surface area contributed by atoms with Crippen LogP contribution in [0.3, 0.4) is 0 Å². The number of anilines is 1. The Morgan fingerprint density at radius 3 is 2.47 bits per heavy atom. The third-order valence-electron chi connectivity index (χ3n) is 5.76. The van der Waals surface area contributed by atoms with Crippen molar-refractivity contribution in [2.75, 3.05) is 37.8 Å². The molecule has 1 fully saturated rings. The molecule has 0 aliphatic carbocycles. The minimum Gasteiger partial charge on any atom is -0.378 e. The highest BCUT2D eigenvalue weighted by atomic mass is 35.5. The highest BCUT2D eigenvalue weighted by Gasteiger charge is 2.35. The molecule has 184 valence electrons. The van der Waals surface area contributed by atoms with Gasteiger partial charge in [0.25, 0.3) is 0 Å². The van der Waals surface area contributed by atoms with E-state index in [0.717, 1.165) is 36.7 Å². The zero-order valence-electron chi connectivity index (χ0n) is 19.5. The van der Waals surface area contributed by atoms with Gasteiger partial charge in [0.1, 0.15) is 18.2 Å². The van der Waals surface area contributed by atoms with E-state index in [1.54, 1.807) is 16.8 Å². The summed E-state index contributed by atoms with van der Waals surface area (Å²) in [6.45, 7) is 10.3. The lowest BCUT2D eigenvalue weighted by Gasteiger charge is -2.27. The van der Waals surface area contributed by atoms with Gasteiger partial charge in [-0.25, -0.2) is 9.97 Å². The third kappa shape index (κ3) is 5.56. The summed E-state index contributed by atoms with van der Waals surface area (Å²) in [5, 5.41) is -0.130. The zero-order chi connectivity index (χ0) is 24.5. The fourth-order valence-corrected chi connectivity index (χ4v) is 4.84. The van der Waals surface area contributed by atoms with Crippen LogP contribution in [0, 0.1) is 0 Å². The summed E-state index contributed by atoms with van der Waals surface area (Å²) in [5.41, 5.74) is 0.787. The van der Waals surface area contributed by atoms with Crippen LogP contribution in [-0.4, -0.2) is 55.5 Å². The van der Waals surface area contributed by atoms with Gasteiger partial charge in [-0.2, -0.15) is 13.2 Å². The smallest absolute Gasteiger partial charge is 0.378 e. The highest BCUT2D eigenvalue weighted by molar-refractivity contribution is 6.76. The van der Waals surface area contributed by atoms with Crippen molar-refractivity contribution < 1.29 is 22.6 Å². The monoisotopic (exact) mass is 512 g/mol. The number of nitrogens with zero attached hydrogens (tertiary/aromatic N) is 4. The van der Waals surface area contributed by atoms with Gasteiger partial charge >= 0.3 is 6.18 Å². The number of ether oxygens (including phenoxy) is 2. The molecular formula is C23H28ClF3N4O2Si. The molecule has 3 aromatic heterocycles. The van der Waals surface area contributed by atoms with Crippen LogP contribution < -0.4 is 4.90 Å². The molecule has 0 amide bonds. The van der Waals surface area contributed by atoms with Crippen molar-refractivity contribution in [1.82, 2.24) is 14.5 Å². The third-order valence-corrected chi connectivity index (χ3v) is 7.87. The minimum absolute atomic E-state index is 0.156. The molecule has 34 heavy (non-hydrogen) atoms. The summed E-state index contributed by atoms with van der Waals surface area (Å²) in [4.78, 5) is 10.8. The van der Waals surface area contributed by atoms with E-state index in [1.165, 1.54) is 0 Å². The Morgan fingerprint density at radius 1 is 1.12 bits per heavy atom. The number of hydrogen-bond acceptors (Lipinski definition) is 5. The van der Waals surface area contributed by atoms with Gasteiger partial charge in [0.2, 0.25) is 0 Å². The second-order valence-electron chi connectivity index (χ2n) is 9.53. The van der Waals surface area contributed by atoms with E-state index in [0.29, 0.717) is 31.2 Å². The van der Waals surface area contributed by atoms with Crippen molar-refractivity contribution in [2.45, 2.75) is 38.6 Å². The molecule has 0 bridgehead atoms. The molecule has 3 aromatic rings. The van der Waals surface area contributed by atoms with Crippen LogP contribution in [0.4, 0.5) is 19.0 Å². The van der Waals surface area contributed by atoms with Gasteiger partial charge in [-0.3, -0.25) is 0 Å². The van der Waals surface area contributed by atoms with Crippen molar-refractivity contribution in [3.05, 3.63) is 41.2 Å². The Kier molecular flexibility index (Phi) is 7.23. The van der Waals surface area contributed by atoms with E-state index in [9.17, 15) is 13.2 Å². The van der Waals surface area contributed by atoms with Gasteiger partial charge in [-0.1, -0.05) is 31.2 Å². The van der Waals surface area contributed by atoms with Crippen LogP contribution in [-0.2, 0) is 22.4 Å². The maximum Gasteiger partial charge on any atom is 0.419 e. The lowest BCUT2D eigenvalue weighted by atomic mass is 10.2. The largest absolute Gasteiger partial charge is 0.419 e. The molecule has 11 heteroatoms. The van der Waals surface area contributed by atoms with Gasteiger partial charge in [0.05, 0.1) is 29.5 Å². The molecule has 0 N–H and O–H groups in total. The van der Waals surface area contributed by atoms with Gasteiger partial charge in [-0.15, -0.1) is 0 Å². The number of aromatic nitrogens is 3. The van der Waals surface area contributed by atoms with Crippen LogP contribution >= 0.6 is 11.6 Å². The quantitative estimate of drug-likeness (QED) is 0.290. The Morgan fingerprint density at radius 2 is 1.85 bits per heavy atom. The van der Waals surface area contributed by atoms with Gasteiger partial charge < -0.3 is 18.9 Å². The van der Waals surface area contributed by atoms with Crippen LogP contribution in [0.1, 0.15) is 5.56 Å². The lowest BCUT2D eigenvalue weighted by Crippen LogP contribution is -2.36. The molecule has 1 saturated heterocycles. The predicted octanol–water partition coefficient (Wildman–Crippen LogP) is 5.92. The lowest BCUT2D eigenvalue weighted by molar-refractivity contribution is -0.137. The van der Waals surface area contributed by atoms with Crippen molar-refractivity contribution in [1.29, 1.82) is 0 Å². The van der Waals surface area contributed by atoms with Crippen LogP contribution in [0.25, 0.3) is 22.3 Å². The second kappa shape index (κ2) is 9.85. The number of fused-ring (bicyclic) bond motifs is 1. The molecule has 1 aliphatic heterocycles. The molecule has 6 nitrogen and oxygen atoms in total. The summed E-state index contributed by atoms with van der Waals surface area (Å²) in [6.07, 6.45) is -2.08. The van der Waals surface area contributed by atoms with Crippen molar-refractivity contribution in [3.63, 3.8) is 0 Å². The van der Waals surface area contributed by atoms with Gasteiger partial charge in [0.15, 0.2) is 0 Å². The van der Waals surface area contributed by atoms with E-state index in [-0.39, 0.29) is 17.1 Å². The molecule has 0 spiro atoms. The van der Waals surface area contributed by atoms with Crippen molar-refractivity contribution in [3.8, 4) is 11.3 Å². The standard InChI is InChI=1S/C23H28ClF3N4O2Si/c1-34(2,3)11-10-33-15-31-19(12-17-21(24)18(23(25,26)27)14-29-22(17)31)16-4-5-20(28-13-16)30-6-8-32-9-7-30/h4-5,12-14H,6-11,15H2,1-3H3. The fraction of sp³-hybridized carbons (Fsp3) is 0.478. The van der Waals surface area contributed by atoms with E-state index in [1.807, 2.05) is 12.1 Å². The van der Waals surface area contributed by atoms with Crippen LogP contribution in [0.5, 0.6) is 0 Å². The second-order valence-corrected chi connectivity index (χ2v) is 15.5. The number of halogens is 4. The highest BCUT2D eigenvalue weighted by Crippen LogP contribution is 2.40. The summed E-state index contributed by atoms with van der Waals surface area (Å²) in [7, 11) is -1.29. The summed E-state index contributed by atoms with van der Waals surface area (Å²) < 4.78 is 53.3. The molecule has 4 heterocycles. The van der Waals surface area contributed by atoms with E-state index < -0.39 is 19.8 Å². The Hall–Kier alpha value is -2.14. The number of alkyl halides is 3. The predicted molar refractivity (Wildman–Crippen MR) is 130 cm³/mol. The van der Waals surface area contributed by atoms with Crippen LogP contribution in [0.15, 0.2) is 30.6 Å². The topological polar surface area (TPSA) is 52.4 Å². The van der Waals surface area contributed by atoms with Gasteiger partial charge in [-0.05, 0) is 24.2 Å². The molecule has 0 saturated carbocycles. The molecule has 0 atom stereocenters. The van der Waals surface area contributed by atoms with Crippen LogP contribution in [0.2, 0.25) is 30.7 Å². The van der Waals surface area contributed by atoms with E-state index in [2.05, 4.69) is 34.5 Å². The first-order valence-electron chi connectivity index (χ1n) is 11.2. The maximum absolute atomic E-state index is 13.4. The first-order chi connectivity index (χ1) is 16.0. The number of rotatable bonds is 7. The summed E-state index contributed by atoms with van der Waals surface area (Å²) in [5.74, 6) is 0.830. The summed E-state index contributed by atoms with van der Waals surface area (Å²) >= 11 is 6.20. The number of hydrogen-bond donors (Lipinski definition) is 0. The number of pyridine rings is 2. The normalized spacial score (nSPS) is 15.3. The average Bonchev–Trinajstić information content (AvgIpc) is 3.16. The molecule has 0 unspecified atom stereocenters. The molecule has 0 radical (unpaired) electrons. The Balaban J connectivity index is 1.70. The first-order valence-corrected chi connectivity index (χ1v) is 15.2. The first kappa shape index (κ1) is 25.0. The van der Waals surface area contributed by atoms with Crippen molar-refractivity contribution >= 4 is 36.5 Å². The van der Waals surface area contributed by atoms with E-state index in [4.69, 9.17) is 21.1 Å². The SMILES string of the molecule is C[Si](C)(C)CCOCn1c(-c2ccc(N3CCOCC3)nc2)cc2c(Cl)c(C(F)(F)F)cnc21. The minimum atomic E-state index is -4.59. The number of morpholine rings is 1. The Bertz CT molecular complexity index is 1140. The average molecular weight is 513 g/mol. The molecule has 4 rings (SSSR count). The molecule has 1 aliphatic rings. The summed E-state index contributed by atoms with van der Waals surface area (Å²) in [6, 6.07) is 6.42. The zero-order valence-corrected chi connectivity index (χ0v) is 21.2. The fourth-order valence-electron chi connectivity index (χ4n) is 3.79. The molecule has 0 aromatic carbocycles. The molecular weight excluding hydrogens is 485 g/mol. The van der Waals surface area contributed by atoms with Gasteiger partial charge in [0, 0.05) is 51.1 Å². The van der Waals surface area contributed by atoms with E-state index >= 15 is 0 Å².